The molecule has 0 aliphatic carbocycles. The van der Waals surface area contributed by atoms with Crippen LogP contribution < -0.4 is 11.5 Å². The van der Waals surface area contributed by atoms with E-state index in [9.17, 15) is 4.79 Å². The minimum absolute atomic E-state index is 0.162. The molecule has 0 heterocycles. The highest BCUT2D eigenvalue weighted by Crippen LogP contribution is 2.00. The Morgan fingerprint density at radius 2 is 2.09 bits per heavy atom. The molecule has 0 aliphatic heterocycles. The number of rotatable bonds is 3. The van der Waals surface area contributed by atoms with Gasteiger partial charge in [0.05, 0.1) is 5.75 Å². The highest BCUT2D eigenvalue weighted by atomic mass is 32.2. The molecule has 0 radical (unpaired) electrons. The zero-order valence-corrected chi connectivity index (χ0v) is 7.52. The number of amidine groups is 1. The number of aliphatic imine (C=N–C) groups is 1. The topological polar surface area (TPSA) is 81.5 Å². The van der Waals surface area contributed by atoms with Gasteiger partial charge in [0.25, 0.3) is 0 Å². The predicted octanol–water partition coefficient (Wildman–Crippen LogP) is -0.0720. The molecule has 0 saturated heterocycles. The van der Waals surface area contributed by atoms with Gasteiger partial charge in [0.2, 0.25) is 5.91 Å². The Morgan fingerprint density at radius 1 is 1.55 bits per heavy atom. The Kier molecular flexibility index (Phi) is 4.69. The molecular weight excluding hydrogens is 162 g/mol. The fraction of sp³-hybridized carbons (Fsp3) is 0.667. The molecule has 11 heavy (non-hydrogen) atoms. The molecule has 1 amide bonds. The zero-order valence-electron chi connectivity index (χ0n) is 6.70. The molecule has 0 fully saturated rings. The van der Waals surface area contributed by atoms with Crippen molar-refractivity contribution in [2.75, 3.05) is 5.75 Å². The molecule has 0 rings (SSSR count). The molecule has 64 valence electrons. The van der Waals surface area contributed by atoms with E-state index < -0.39 is 0 Å². The van der Waals surface area contributed by atoms with Crippen LogP contribution in [-0.4, -0.2) is 22.9 Å². The summed E-state index contributed by atoms with van der Waals surface area (Å²) >= 11 is 1.17. The van der Waals surface area contributed by atoms with Crippen LogP contribution in [0.4, 0.5) is 0 Å². The summed E-state index contributed by atoms with van der Waals surface area (Å²) in [6.07, 6.45) is 0. The van der Waals surface area contributed by atoms with Gasteiger partial charge in [-0.3, -0.25) is 9.79 Å². The van der Waals surface area contributed by atoms with Gasteiger partial charge in [-0.05, 0) is 13.8 Å². The maximum atomic E-state index is 10.3. The van der Waals surface area contributed by atoms with Crippen LogP contribution in [0.15, 0.2) is 4.99 Å². The smallest absolute Gasteiger partial charge is 0.227 e. The second-order valence-corrected chi connectivity index (χ2v) is 3.31. The molecule has 0 bridgehead atoms. The molecule has 0 spiro atoms. The van der Waals surface area contributed by atoms with Crippen molar-refractivity contribution in [1.82, 2.24) is 0 Å². The lowest BCUT2D eigenvalue weighted by atomic mass is 10.4. The number of thioether (sulfide) groups is 1. The van der Waals surface area contributed by atoms with Crippen LogP contribution >= 0.6 is 11.8 Å². The summed E-state index contributed by atoms with van der Waals surface area (Å²) in [5.41, 5.74) is 10.3. The van der Waals surface area contributed by atoms with E-state index in [0.29, 0.717) is 5.17 Å². The van der Waals surface area contributed by atoms with Crippen LogP contribution in [0.1, 0.15) is 13.8 Å². The molecule has 4 N–H and O–H groups in total. The third-order valence-corrected chi connectivity index (χ3v) is 1.58. The van der Waals surface area contributed by atoms with Crippen LogP contribution in [0.3, 0.4) is 0 Å². The second kappa shape index (κ2) is 5.01. The molecular formula is C6H13N3OS. The third kappa shape index (κ3) is 7.18. The number of hydrogen-bond acceptors (Lipinski definition) is 3. The molecule has 0 aromatic heterocycles. The Morgan fingerprint density at radius 3 is 2.45 bits per heavy atom. The van der Waals surface area contributed by atoms with Crippen molar-refractivity contribution in [3.63, 3.8) is 0 Å². The summed E-state index contributed by atoms with van der Waals surface area (Å²) in [6, 6.07) is 0.162. The van der Waals surface area contributed by atoms with Crippen LogP contribution in [0.25, 0.3) is 0 Å². The van der Waals surface area contributed by atoms with Gasteiger partial charge in [0.15, 0.2) is 5.17 Å². The summed E-state index contributed by atoms with van der Waals surface area (Å²) in [4.78, 5) is 14.3. The van der Waals surface area contributed by atoms with Gasteiger partial charge in [-0.25, -0.2) is 0 Å². The molecule has 0 aromatic rings. The first kappa shape index (κ1) is 10.3. The average Bonchev–Trinajstić information content (AvgIpc) is 1.82. The fourth-order valence-corrected chi connectivity index (χ4v) is 1.01. The highest BCUT2D eigenvalue weighted by molar-refractivity contribution is 8.14. The first-order valence-electron chi connectivity index (χ1n) is 3.26. The number of primary amides is 1. The summed E-state index contributed by atoms with van der Waals surface area (Å²) < 4.78 is 0. The quantitative estimate of drug-likeness (QED) is 0.465. The first-order chi connectivity index (χ1) is 5.02. The fourth-order valence-electron chi connectivity index (χ4n) is 0.437. The maximum absolute atomic E-state index is 10.3. The van der Waals surface area contributed by atoms with E-state index in [0.717, 1.165) is 0 Å². The van der Waals surface area contributed by atoms with E-state index in [1.165, 1.54) is 11.8 Å². The van der Waals surface area contributed by atoms with Crippen LogP contribution in [-0.2, 0) is 4.79 Å². The molecule has 0 unspecified atom stereocenters. The average molecular weight is 175 g/mol. The number of hydrogen-bond donors (Lipinski definition) is 2. The lowest BCUT2D eigenvalue weighted by molar-refractivity contribution is -0.115. The van der Waals surface area contributed by atoms with Crippen molar-refractivity contribution in [2.24, 2.45) is 16.5 Å². The van der Waals surface area contributed by atoms with Crippen molar-refractivity contribution >= 4 is 22.8 Å². The van der Waals surface area contributed by atoms with Crippen LogP contribution in [0.5, 0.6) is 0 Å². The van der Waals surface area contributed by atoms with Crippen LogP contribution in [0, 0.1) is 0 Å². The number of amides is 1. The molecule has 0 aliphatic rings. The predicted molar refractivity (Wildman–Crippen MR) is 48.4 cm³/mol. The molecule has 4 nitrogen and oxygen atoms in total. The zero-order chi connectivity index (χ0) is 8.85. The van der Waals surface area contributed by atoms with Gasteiger partial charge in [-0.1, -0.05) is 11.8 Å². The third-order valence-electron chi connectivity index (χ3n) is 0.748. The van der Waals surface area contributed by atoms with E-state index in [1.54, 1.807) is 0 Å². The van der Waals surface area contributed by atoms with E-state index in [2.05, 4.69) is 4.99 Å². The Hall–Kier alpha value is -0.710. The van der Waals surface area contributed by atoms with Gasteiger partial charge in [0.1, 0.15) is 0 Å². The Bertz CT molecular complexity index is 167. The van der Waals surface area contributed by atoms with Crippen molar-refractivity contribution in [1.29, 1.82) is 0 Å². The Balaban J connectivity index is 3.68. The normalized spacial score (nSPS) is 12.1. The van der Waals surface area contributed by atoms with Crippen molar-refractivity contribution in [3.8, 4) is 0 Å². The van der Waals surface area contributed by atoms with E-state index in [1.807, 2.05) is 13.8 Å². The summed E-state index contributed by atoms with van der Waals surface area (Å²) in [7, 11) is 0. The van der Waals surface area contributed by atoms with E-state index in [-0.39, 0.29) is 17.7 Å². The van der Waals surface area contributed by atoms with Crippen molar-refractivity contribution in [3.05, 3.63) is 0 Å². The molecule has 0 atom stereocenters. The van der Waals surface area contributed by atoms with Gasteiger partial charge in [-0.2, -0.15) is 0 Å². The molecule has 5 heteroatoms. The van der Waals surface area contributed by atoms with E-state index >= 15 is 0 Å². The lowest BCUT2D eigenvalue weighted by Gasteiger charge is -1.99. The molecule has 0 saturated carbocycles. The van der Waals surface area contributed by atoms with Crippen molar-refractivity contribution in [2.45, 2.75) is 19.9 Å². The molecule has 0 aromatic carbocycles. The maximum Gasteiger partial charge on any atom is 0.227 e. The minimum Gasteiger partial charge on any atom is -0.379 e. The lowest BCUT2D eigenvalue weighted by Crippen LogP contribution is -2.18. The van der Waals surface area contributed by atoms with Gasteiger partial charge in [-0.15, -0.1) is 0 Å². The number of nitrogens with two attached hydrogens (primary N) is 2. The van der Waals surface area contributed by atoms with Gasteiger partial charge < -0.3 is 11.5 Å². The van der Waals surface area contributed by atoms with Gasteiger partial charge in [0, 0.05) is 6.04 Å². The highest BCUT2D eigenvalue weighted by Gasteiger charge is 1.98. The number of nitrogens with zero attached hydrogens (tertiary/aromatic N) is 1. The summed E-state index contributed by atoms with van der Waals surface area (Å²) in [5, 5.41) is 0.416. The van der Waals surface area contributed by atoms with Crippen molar-refractivity contribution < 1.29 is 4.79 Å². The van der Waals surface area contributed by atoms with E-state index in [4.69, 9.17) is 11.5 Å². The number of carbonyl (C=O) groups is 1. The second-order valence-electron chi connectivity index (χ2n) is 2.32. The SMILES string of the molecule is CC(C)N=C(N)SCC(N)=O. The summed E-state index contributed by atoms with van der Waals surface area (Å²) in [6.45, 7) is 3.83. The largest absolute Gasteiger partial charge is 0.379 e. The number of carbonyl (C=O) groups excluding carboxylic acids is 1. The van der Waals surface area contributed by atoms with Crippen LogP contribution in [0.2, 0.25) is 0 Å². The van der Waals surface area contributed by atoms with Gasteiger partial charge >= 0.3 is 0 Å². The standard InChI is InChI=1S/C6H13N3OS/c1-4(2)9-6(8)11-3-5(7)10/h4H,3H2,1-2H3,(H2,7,10)(H2,8,9). The first-order valence-corrected chi connectivity index (χ1v) is 4.25. The Labute approximate surface area is 70.4 Å². The monoisotopic (exact) mass is 175 g/mol. The summed E-state index contributed by atoms with van der Waals surface area (Å²) in [5.74, 6) is -0.181. The minimum atomic E-state index is -0.378.